The molecule has 1 aromatic heterocycles. The van der Waals surface area contributed by atoms with E-state index in [9.17, 15) is 0 Å². The first-order valence-electron chi connectivity index (χ1n) is 7.84. The van der Waals surface area contributed by atoms with Crippen molar-refractivity contribution in [2.45, 2.75) is 20.0 Å². The molecule has 0 unspecified atom stereocenters. The molecule has 1 aliphatic rings. The number of benzene rings is 3. The summed E-state index contributed by atoms with van der Waals surface area (Å²) in [5.74, 6) is 0. The van der Waals surface area contributed by atoms with Crippen LogP contribution in [-0.2, 0) is 0 Å². The van der Waals surface area contributed by atoms with E-state index in [1.165, 1.54) is 32.5 Å². The largest absolute Gasteiger partial charge is 0.255 e. The molecule has 0 spiro atoms. The highest BCUT2D eigenvalue weighted by Gasteiger charge is 2.36. The zero-order valence-corrected chi connectivity index (χ0v) is 14.1. The van der Waals surface area contributed by atoms with Gasteiger partial charge in [0.2, 0.25) is 0 Å². The molecule has 2 heterocycles. The maximum Gasteiger partial charge on any atom is 0.113 e. The van der Waals surface area contributed by atoms with Gasteiger partial charge in [-0.1, -0.05) is 49.5 Å². The minimum atomic E-state index is -1.58. The molecule has 3 aromatic carbocycles. The van der Waals surface area contributed by atoms with Gasteiger partial charge in [-0.25, -0.2) is 0 Å². The standard InChI is InChI=1S/C20H17NSi/c1-12-10-15-13-6-4-8-16-18(13)19-14(20(15)21-11-12)7-5-9-17(19)22(16,2)3/h4-11H,1-3H3. The van der Waals surface area contributed by atoms with Crippen LogP contribution in [0, 0.1) is 6.92 Å². The number of aryl methyl sites for hydroxylation is 1. The second kappa shape index (κ2) is 3.76. The molecule has 4 aromatic rings. The number of hydrogen-bond donors (Lipinski definition) is 0. The van der Waals surface area contributed by atoms with Crippen molar-refractivity contribution in [2.24, 2.45) is 0 Å². The van der Waals surface area contributed by atoms with Crippen LogP contribution in [0.4, 0.5) is 0 Å². The number of hydrogen-bond acceptors (Lipinski definition) is 1. The Morgan fingerprint density at radius 1 is 0.818 bits per heavy atom. The van der Waals surface area contributed by atoms with E-state index in [0.717, 1.165) is 5.52 Å². The summed E-state index contributed by atoms with van der Waals surface area (Å²) in [6.07, 6.45) is 1.99. The van der Waals surface area contributed by atoms with Gasteiger partial charge in [-0.2, -0.15) is 0 Å². The third-order valence-electron chi connectivity index (χ3n) is 5.30. The van der Waals surface area contributed by atoms with Crippen LogP contribution >= 0.6 is 0 Å². The van der Waals surface area contributed by atoms with Gasteiger partial charge in [0.25, 0.3) is 0 Å². The van der Waals surface area contributed by atoms with Crippen molar-refractivity contribution in [2.75, 3.05) is 0 Å². The van der Waals surface area contributed by atoms with Crippen LogP contribution in [0.1, 0.15) is 5.56 Å². The van der Waals surface area contributed by atoms with E-state index in [1.54, 1.807) is 10.4 Å². The molecule has 22 heavy (non-hydrogen) atoms. The molecular weight excluding hydrogens is 282 g/mol. The predicted octanol–water partition coefficient (Wildman–Crippen LogP) is 3.99. The fourth-order valence-corrected chi connectivity index (χ4v) is 7.33. The van der Waals surface area contributed by atoms with Gasteiger partial charge < -0.3 is 0 Å². The lowest BCUT2D eigenvalue weighted by Crippen LogP contribution is -2.49. The molecular formula is C20H17NSi. The van der Waals surface area contributed by atoms with Crippen LogP contribution in [-0.4, -0.2) is 13.1 Å². The van der Waals surface area contributed by atoms with Crippen LogP contribution in [0.3, 0.4) is 0 Å². The molecule has 0 aliphatic carbocycles. The van der Waals surface area contributed by atoms with Crippen molar-refractivity contribution in [3.8, 4) is 0 Å². The van der Waals surface area contributed by atoms with Crippen molar-refractivity contribution in [1.82, 2.24) is 4.98 Å². The topological polar surface area (TPSA) is 12.9 Å². The lowest BCUT2D eigenvalue weighted by Gasteiger charge is -2.18. The quantitative estimate of drug-likeness (QED) is 0.353. The summed E-state index contributed by atoms with van der Waals surface area (Å²) in [7, 11) is -1.58. The number of nitrogens with zero attached hydrogens (tertiary/aromatic N) is 1. The summed E-state index contributed by atoms with van der Waals surface area (Å²) < 4.78 is 0. The first-order chi connectivity index (χ1) is 10.6. The second-order valence-electron chi connectivity index (χ2n) is 6.99. The number of pyridine rings is 1. The van der Waals surface area contributed by atoms with Crippen molar-refractivity contribution in [1.29, 1.82) is 0 Å². The zero-order valence-electron chi connectivity index (χ0n) is 13.1. The van der Waals surface area contributed by atoms with Crippen molar-refractivity contribution in [3.05, 3.63) is 54.2 Å². The molecule has 0 bridgehead atoms. The smallest absolute Gasteiger partial charge is 0.113 e. The van der Waals surface area contributed by atoms with Crippen LogP contribution in [0.5, 0.6) is 0 Å². The van der Waals surface area contributed by atoms with E-state index < -0.39 is 8.07 Å². The molecule has 0 amide bonds. The summed E-state index contributed by atoms with van der Waals surface area (Å²) in [6.45, 7) is 7.07. The van der Waals surface area contributed by atoms with Gasteiger partial charge in [-0.3, -0.25) is 4.98 Å². The highest BCUT2D eigenvalue weighted by Crippen LogP contribution is 2.37. The van der Waals surface area contributed by atoms with Crippen molar-refractivity contribution >= 4 is 50.9 Å². The number of fused-ring (bicyclic) bond motifs is 3. The van der Waals surface area contributed by atoms with E-state index in [-0.39, 0.29) is 0 Å². The van der Waals surface area contributed by atoms with Crippen LogP contribution in [0.15, 0.2) is 48.7 Å². The predicted molar refractivity (Wildman–Crippen MR) is 98.2 cm³/mol. The summed E-state index contributed by atoms with van der Waals surface area (Å²) in [5, 5.41) is 10.1. The van der Waals surface area contributed by atoms with Gasteiger partial charge in [0.1, 0.15) is 8.07 Å². The van der Waals surface area contributed by atoms with E-state index in [1.807, 2.05) is 6.20 Å². The third-order valence-corrected chi connectivity index (χ3v) is 8.82. The van der Waals surface area contributed by atoms with Crippen molar-refractivity contribution in [3.63, 3.8) is 0 Å². The monoisotopic (exact) mass is 299 g/mol. The van der Waals surface area contributed by atoms with Crippen LogP contribution in [0.2, 0.25) is 13.1 Å². The van der Waals surface area contributed by atoms with Crippen molar-refractivity contribution < 1.29 is 0 Å². The molecule has 0 N–H and O–H groups in total. The minimum Gasteiger partial charge on any atom is -0.255 e. The van der Waals surface area contributed by atoms with Gasteiger partial charge in [-0.05, 0) is 45.1 Å². The Bertz CT molecular complexity index is 1110. The van der Waals surface area contributed by atoms with Gasteiger partial charge in [0.15, 0.2) is 0 Å². The van der Waals surface area contributed by atoms with Gasteiger partial charge in [0, 0.05) is 17.0 Å². The lowest BCUT2D eigenvalue weighted by atomic mass is 9.97. The summed E-state index contributed by atoms with van der Waals surface area (Å²) in [5.41, 5.74) is 2.38. The highest BCUT2D eigenvalue weighted by molar-refractivity contribution is 7.05. The summed E-state index contributed by atoms with van der Waals surface area (Å²) in [6, 6.07) is 15.9. The van der Waals surface area contributed by atoms with E-state index in [4.69, 9.17) is 4.98 Å². The highest BCUT2D eigenvalue weighted by atomic mass is 28.3. The fourth-order valence-electron chi connectivity index (χ4n) is 4.24. The first kappa shape index (κ1) is 12.4. The Labute approximate surface area is 130 Å². The molecule has 0 saturated carbocycles. The Hall–Kier alpha value is -2.19. The third kappa shape index (κ3) is 1.28. The lowest BCUT2D eigenvalue weighted by molar-refractivity contribution is 1.35. The normalized spacial score (nSPS) is 15.4. The molecule has 0 saturated heterocycles. The van der Waals surface area contributed by atoms with E-state index in [2.05, 4.69) is 62.5 Å². The van der Waals surface area contributed by atoms with E-state index >= 15 is 0 Å². The fraction of sp³-hybridized carbons (Fsp3) is 0.150. The Balaban J connectivity index is 2.23. The summed E-state index contributed by atoms with van der Waals surface area (Å²) in [4.78, 5) is 4.79. The maximum absolute atomic E-state index is 4.79. The maximum atomic E-state index is 4.79. The van der Waals surface area contributed by atoms with E-state index in [0.29, 0.717) is 0 Å². The first-order valence-corrected chi connectivity index (χ1v) is 10.8. The molecule has 0 fully saturated rings. The van der Waals surface area contributed by atoms with Gasteiger partial charge in [-0.15, -0.1) is 0 Å². The van der Waals surface area contributed by atoms with Gasteiger partial charge in [0.05, 0.1) is 5.52 Å². The Morgan fingerprint density at radius 3 is 2.18 bits per heavy atom. The Kier molecular flexibility index (Phi) is 2.11. The Morgan fingerprint density at radius 2 is 1.45 bits per heavy atom. The zero-order chi connectivity index (χ0) is 15.1. The van der Waals surface area contributed by atoms with Crippen LogP contribution in [0.25, 0.3) is 32.4 Å². The SMILES string of the molecule is Cc1cnc2c(c1)c1cccc3c1c1c(cccc21)[Si]3(C)C. The average molecular weight is 299 g/mol. The molecule has 1 aliphatic heterocycles. The second-order valence-corrected chi connectivity index (χ2v) is 11.3. The minimum absolute atomic E-state index is 1.15. The molecule has 0 radical (unpaired) electrons. The number of rotatable bonds is 0. The average Bonchev–Trinajstić information content (AvgIpc) is 2.76. The van der Waals surface area contributed by atoms with Gasteiger partial charge >= 0.3 is 0 Å². The molecule has 2 heteroatoms. The summed E-state index contributed by atoms with van der Waals surface area (Å²) >= 11 is 0. The number of aromatic nitrogens is 1. The molecule has 0 atom stereocenters. The molecule has 5 rings (SSSR count). The molecule has 1 nitrogen and oxygen atoms in total. The van der Waals surface area contributed by atoms with Crippen LogP contribution < -0.4 is 10.4 Å². The molecule has 106 valence electrons.